The number of morpholine rings is 1. The molecule has 7 nitrogen and oxygen atoms in total. The Morgan fingerprint density at radius 2 is 2.16 bits per heavy atom. The van der Waals surface area contributed by atoms with Crippen molar-refractivity contribution in [2.75, 3.05) is 32.9 Å². The lowest BCUT2D eigenvalue weighted by Gasteiger charge is -2.34. The van der Waals surface area contributed by atoms with Crippen LogP contribution in [0.4, 0.5) is 4.79 Å². The molecule has 1 saturated heterocycles. The number of carbonyl (C=O) groups is 2. The first kappa shape index (κ1) is 15.7. The van der Waals surface area contributed by atoms with Crippen LogP contribution in [0.5, 0.6) is 0 Å². The molecule has 19 heavy (non-hydrogen) atoms. The molecule has 0 aromatic rings. The second-order valence-corrected chi connectivity index (χ2v) is 5.35. The van der Waals surface area contributed by atoms with Crippen LogP contribution in [0.2, 0.25) is 0 Å². The normalized spacial score (nSPS) is 20.0. The molecule has 0 bridgehead atoms. The van der Waals surface area contributed by atoms with Gasteiger partial charge in [-0.1, -0.05) is 0 Å². The molecule has 1 unspecified atom stereocenters. The number of carbonyl (C=O) groups excluding carboxylic acids is 2. The molecule has 2 N–H and O–H groups in total. The zero-order valence-corrected chi connectivity index (χ0v) is 11.6. The largest absolute Gasteiger partial charge is 0.444 e. The van der Waals surface area contributed by atoms with E-state index < -0.39 is 11.7 Å². The van der Waals surface area contributed by atoms with Gasteiger partial charge in [0.05, 0.1) is 25.9 Å². The third-order valence-corrected chi connectivity index (χ3v) is 2.54. The highest BCUT2D eigenvalue weighted by atomic mass is 16.6. The first-order chi connectivity index (χ1) is 8.83. The van der Waals surface area contributed by atoms with Crippen LogP contribution in [0.3, 0.4) is 0 Å². The van der Waals surface area contributed by atoms with Crippen molar-refractivity contribution < 1.29 is 24.2 Å². The van der Waals surface area contributed by atoms with Gasteiger partial charge in [-0.25, -0.2) is 4.79 Å². The number of amides is 2. The molecule has 0 saturated carbocycles. The molecule has 110 valence electrons. The minimum absolute atomic E-state index is 0.147. The molecule has 1 heterocycles. The zero-order valence-electron chi connectivity index (χ0n) is 11.6. The van der Waals surface area contributed by atoms with Gasteiger partial charge in [-0.05, 0) is 20.8 Å². The summed E-state index contributed by atoms with van der Waals surface area (Å²) in [6.07, 6.45) is -0.630. The van der Waals surface area contributed by atoms with Crippen molar-refractivity contribution in [1.82, 2.24) is 10.2 Å². The maximum absolute atomic E-state index is 11.9. The number of aliphatic hydroxyl groups excluding tert-OH is 1. The summed E-state index contributed by atoms with van der Waals surface area (Å²) in [6, 6.07) is -0.346. The molecule has 1 aliphatic heterocycles. The van der Waals surface area contributed by atoms with Crippen LogP contribution in [0.25, 0.3) is 0 Å². The highest BCUT2D eigenvalue weighted by Crippen LogP contribution is 2.08. The van der Waals surface area contributed by atoms with Crippen molar-refractivity contribution >= 4 is 12.0 Å². The van der Waals surface area contributed by atoms with E-state index in [2.05, 4.69) is 5.32 Å². The van der Waals surface area contributed by atoms with E-state index in [0.717, 1.165) is 0 Å². The number of aliphatic hydroxyl groups is 1. The van der Waals surface area contributed by atoms with Gasteiger partial charge >= 0.3 is 6.09 Å². The van der Waals surface area contributed by atoms with Crippen molar-refractivity contribution in [2.24, 2.45) is 0 Å². The summed E-state index contributed by atoms with van der Waals surface area (Å²) < 4.78 is 10.2. The van der Waals surface area contributed by atoms with Crippen LogP contribution in [-0.4, -0.2) is 66.6 Å². The third-order valence-electron chi connectivity index (χ3n) is 2.54. The second-order valence-electron chi connectivity index (χ2n) is 5.35. The van der Waals surface area contributed by atoms with E-state index in [1.54, 1.807) is 20.8 Å². The van der Waals surface area contributed by atoms with Crippen molar-refractivity contribution in [2.45, 2.75) is 32.4 Å². The average molecular weight is 274 g/mol. The number of alkyl carbamates (subject to hydrolysis) is 1. The summed E-state index contributed by atoms with van der Waals surface area (Å²) in [4.78, 5) is 24.9. The number of nitrogens with one attached hydrogen (secondary N) is 1. The van der Waals surface area contributed by atoms with Crippen LogP contribution in [0.15, 0.2) is 0 Å². The second kappa shape index (κ2) is 6.72. The van der Waals surface area contributed by atoms with E-state index in [4.69, 9.17) is 14.6 Å². The maximum atomic E-state index is 11.9. The Morgan fingerprint density at radius 1 is 1.47 bits per heavy atom. The van der Waals surface area contributed by atoms with Crippen LogP contribution in [0, 0.1) is 0 Å². The lowest BCUT2D eigenvalue weighted by molar-refractivity contribution is -0.140. The smallest absolute Gasteiger partial charge is 0.408 e. The fourth-order valence-electron chi connectivity index (χ4n) is 1.70. The Balaban J connectivity index is 2.39. The van der Waals surface area contributed by atoms with Crippen LogP contribution >= 0.6 is 0 Å². The summed E-state index contributed by atoms with van der Waals surface area (Å²) in [5.74, 6) is -0.256. The Bertz CT molecular complexity index is 327. The molecule has 7 heteroatoms. The van der Waals surface area contributed by atoms with Crippen LogP contribution < -0.4 is 5.32 Å². The van der Waals surface area contributed by atoms with Gasteiger partial charge in [-0.2, -0.15) is 0 Å². The molecule has 2 amide bonds. The maximum Gasteiger partial charge on any atom is 0.408 e. The molecule has 0 aromatic heterocycles. The number of ether oxygens (including phenoxy) is 2. The average Bonchev–Trinajstić information content (AvgIpc) is 2.33. The van der Waals surface area contributed by atoms with Crippen LogP contribution in [-0.2, 0) is 14.3 Å². The van der Waals surface area contributed by atoms with Gasteiger partial charge in [0, 0.05) is 6.54 Å². The predicted molar refractivity (Wildman–Crippen MR) is 67.6 cm³/mol. The molecular weight excluding hydrogens is 252 g/mol. The number of hydrogen-bond donors (Lipinski definition) is 2. The number of rotatable bonds is 3. The quantitative estimate of drug-likeness (QED) is 0.739. The van der Waals surface area contributed by atoms with E-state index in [1.165, 1.54) is 4.90 Å². The summed E-state index contributed by atoms with van der Waals surface area (Å²) in [5, 5.41) is 11.6. The first-order valence-corrected chi connectivity index (χ1v) is 6.28. The van der Waals surface area contributed by atoms with Crippen molar-refractivity contribution in [3.8, 4) is 0 Å². The molecule has 0 aromatic carbocycles. The molecule has 1 rings (SSSR count). The summed E-state index contributed by atoms with van der Waals surface area (Å²) in [6.45, 7) is 6.11. The highest BCUT2D eigenvalue weighted by molar-refractivity contribution is 5.82. The summed E-state index contributed by atoms with van der Waals surface area (Å²) in [5.41, 5.74) is -0.597. The van der Waals surface area contributed by atoms with Crippen LogP contribution in [0.1, 0.15) is 20.8 Å². The Kier molecular flexibility index (Phi) is 5.56. The molecule has 1 atom stereocenters. The predicted octanol–water partition coefficient (Wildman–Crippen LogP) is -0.269. The molecule has 1 fully saturated rings. The zero-order chi connectivity index (χ0) is 14.5. The van der Waals surface area contributed by atoms with E-state index >= 15 is 0 Å². The molecule has 0 aliphatic carbocycles. The monoisotopic (exact) mass is 274 g/mol. The lowest BCUT2D eigenvalue weighted by atomic mass is 10.2. The molecule has 0 spiro atoms. The molecule has 1 aliphatic rings. The van der Waals surface area contributed by atoms with Gasteiger partial charge < -0.3 is 24.8 Å². The van der Waals surface area contributed by atoms with E-state index in [1.807, 2.05) is 0 Å². The Hall–Kier alpha value is -1.34. The van der Waals surface area contributed by atoms with Crippen molar-refractivity contribution in [1.29, 1.82) is 0 Å². The standard InChI is InChI=1S/C12H22N2O5/c1-12(2,3)19-11(17)13-6-10(16)14-4-5-18-8-9(14)7-15/h9,15H,4-8H2,1-3H3,(H,13,17). The SMILES string of the molecule is CC(C)(C)OC(=O)NCC(=O)N1CCOCC1CO. The molecule has 0 radical (unpaired) electrons. The van der Waals surface area contributed by atoms with E-state index in [9.17, 15) is 9.59 Å². The third kappa shape index (κ3) is 5.44. The summed E-state index contributed by atoms with van der Waals surface area (Å²) in [7, 11) is 0. The van der Waals surface area contributed by atoms with Crippen molar-refractivity contribution in [3.05, 3.63) is 0 Å². The van der Waals surface area contributed by atoms with Gasteiger partial charge in [-0.15, -0.1) is 0 Å². The Labute approximate surface area is 112 Å². The number of hydrogen-bond acceptors (Lipinski definition) is 5. The topological polar surface area (TPSA) is 88.1 Å². The van der Waals surface area contributed by atoms with Gasteiger partial charge in [0.15, 0.2) is 0 Å². The first-order valence-electron chi connectivity index (χ1n) is 6.28. The minimum Gasteiger partial charge on any atom is -0.444 e. The fourth-order valence-corrected chi connectivity index (χ4v) is 1.70. The fraction of sp³-hybridized carbons (Fsp3) is 0.833. The van der Waals surface area contributed by atoms with Gasteiger partial charge in [0.1, 0.15) is 12.1 Å². The van der Waals surface area contributed by atoms with Gasteiger partial charge in [0.25, 0.3) is 0 Å². The minimum atomic E-state index is -0.630. The Morgan fingerprint density at radius 3 is 2.74 bits per heavy atom. The lowest BCUT2D eigenvalue weighted by Crippen LogP contribution is -2.53. The van der Waals surface area contributed by atoms with Gasteiger partial charge in [0.2, 0.25) is 5.91 Å². The van der Waals surface area contributed by atoms with E-state index in [0.29, 0.717) is 19.8 Å². The van der Waals surface area contributed by atoms with Gasteiger partial charge in [-0.3, -0.25) is 4.79 Å². The highest BCUT2D eigenvalue weighted by Gasteiger charge is 2.27. The van der Waals surface area contributed by atoms with E-state index in [-0.39, 0.29) is 25.1 Å². The van der Waals surface area contributed by atoms with Crippen molar-refractivity contribution in [3.63, 3.8) is 0 Å². The summed E-state index contributed by atoms with van der Waals surface area (Å²) >= 11 is 0. The molecular formula is C12H22N2O5. The number of nitrogens with zero attached hydrogens (tertiary/aromatic N) is 1.